The Hall–Kier alpha value is -1.33. The minimum Gasteiger partial charge on any atom is -0.465 e. The second-order valence-corrected chi connectivity index (χ2v) is 5.09. The highest BCUT2D eigenvalue weighted by molar-refractivity contribution is 6.29. The summed E-state index contributed by atoms with van der Waals surface area (Å²) >= 11 is 5.86. The van der Waals surface area contributed by atoms with E-state index in [-0.39, 0.29) is 12.1 Å². The topological polar surface area (TPSA) is 71.5 Å². The van der Waals surface area contributed by atoms with Gasteiger partial charge in [-0.05, 0) is 31.7 Å². The largest absolute Gasteiger partial charge is 0.465 e. The van der Waals surface area contributed by atoms with E-state index in [9.17, 15) is 9.90 Å². The maximum atomic E-state index is 11.7. The summed E-state index contributed by atoms with van der Waals surface area (Å²) < 4.78 is 4.72. The van der Waals surface area contributed by atoms with Crippen LogP contribution in [0.15, 0.2) is 12.3 Å². The molecule has 0 radical (unpaired) electrons. The van der Waals surface area contributed by atoms with E-state index in [0.717, 1.165) is 19.3 Å². The zero-order valence-corrected chi connectivity index (χ0v) is 11.5. The monoisotopic (exact) mass is 284 g/mol. The van der Waals surface area contributed by atoms with E-state index in [0.29, 0.717) is 22.8 Å². The van der Waals surface area contributed by atoms with Crippen molar-refractivity contribution in [2.45, 2.75) is 37.8 Å². The Labute approximate surface area is 116 Å². The third-order valence-corrected chi connectivity index (χ3v) is 3.49. The number of carbonyl (C=O) groups is 1. The van der Waals surface area contributed by atoms with Crippen LogP contribution in [0.5, 0.6) is 0 Å². The first-order valence-electron chi connectivity index (χ1n) is 6.28. The number of pyridine rings is 1. The van der Waals surface area contributed by atoms with Gasteiger partial charge in [0.2, 0.25) is 0 Å². The molecule has 1 aromatic rings. The highest BCUT2D eigenvalue weighted by Crippen LogP contribution is 2.25. The van der Waals surface area contributed by atoms with Crippen LogP contribution in [0.4, 0.5) is 5.69 Å². The summed E-state index contributed by atoms with van der Waals surface area (Å²) in [5.74, 6) is -0.456. The van der Waals surface area contributed by atoms with Gasteiger partial charge in [0.1, 0.15) is 10.7 Å². The van der Waals surface area contributed by atoms with Gasteiger partial charge in [0.25, 0.3) is 0 Å². The molecule has 2 rings (SSSR count). The molecule has 104 valence electrons. The molecule has 5 nitrogen and oxygen atoms in total. The third kappa shape index (κ3) is 3.58. The van der Waals surface area contributed by atoms with Gasteiger partial charge >= 0.3 is 5.97 Å². The summed E-state index contributed by atoms with van der Waals surface area (Å²) in [6, 6.07) is 1.74. The van der Waals surface area contributed by atoms with Crippen LogP contribution in [0.1, 0.15) is 36.0 Å². The van der Waals surface area contributed by atoms with E-state index in [1.54, 1.807) is 6.07 Å². The number of nitrogens with zero attached hydrogens (tertiary/aromatic N) is 1. The fourth-order valence-electron chi connectivity index (χ4n) is 2.34. The van der Waals surface area contributed by atoms with Gasteiger partial charge in [-0.3, -0.25) is 0 Å². The number of aliphatic hydroxyl groups is 1. The lowest BCUT2D eigenvalue weighted by Gasteiger charge is -2.28. The van der Waals surface area contributed by atoms with Crippen molar-refractivity contribution in [3.05, 3.63) is 23.0 Å². The van der Waals surface area contributed by atoms with Crippen LogP contribution in [0, 0.1) is 0 Å². The van der Waals surface area contributed by atoms with E-state index in [1.165, 1.54) is 13.3 Å². The van der Waals surface area contributed by atoms with Crippen molar-refractivity contribution in [2.24, 2.45) is 0 Å². The van der Waals surface area contributed by atoms with Gasteiger partial charge in [0, 0.05) is 12.2 Å². The van der Waals surface area contributed by atoms with Crippen molar-refractivity contribution < 1.29 is 14.6 Å². The molecule has 1 aliphatic carbocycles. The Bertz CT molecular complexity index is 467. The summed E-state index contributed by atoms with van der Waals surface area (Å²) in [7, 11) is 1.32. The highest BCUT2D eigenvalue weighted by atomic mass is 35.5. The molecule has 1 aromatic heterocycles. The van der Waals surface area contributed by atoms with Crippen LogP contribution in [0.2, 0.25) is 5.15 Å². The van der Waals surface area contributed by atoms with Gasteiger partial charge in [-0.25, -0.2) is 9.78 Å². The summed E-state index contributed by atoms with van der Waals surface area (Å²) in [5, 5.41) is 13.2. The van der Waals surface area contributed by atoms with Crippen molar-refractivity contribution in [3.8, 4) is 0 Å². The standard InChI is InChI=1S/C13H17ClN2O3/c1-19-13(18)10-7-15-12(14)6-11(10)16-8-3-2-4-9(17)5-8/h6-9,17H,2-5H2,1H3,(H,15,16)/t8-,9+/m0/s1. The molecule has 0 aromatic carbocycles. The molecular weight excluding hydrogens is 268 g/mol. The summed E-state index contributed by atoms with van der Waals surface area (Å²) in [4.78, 5) is 15.5. The van der Waals surface area contributed by atoms with Crippen LogP contribution in [0.25, 0.3) is 0 Å². The summed E-state index contributed by atoms with van der Waals surface area (Å²) in [6.45, 7) is 0. The zero-order valence-electron chi connectivity index (χ0n) is 10.7. The molecule has 0 spiro atoms. The maximum absolute atomic E-state index is 11.7. The molecule has 6 heteroatoms. The molecular formula is C13H17ClN2O3. The van der Waals surface area contributed by atoms with Gasteiger partial charge in [0.05, 0.1) is 18.9 Å². The normalized spacial score (nSPS) is 22.9. The van der Waals surface area contributed by atoms with Crippen LogP contribution in [0.3, 0.4) is 0 Å². The predicted molar refractivity (Wildman–Crippen MR) is 72.5 cm³/mol. The average Bonchev–Trinajstić information content (AvgIpc) is 2.38. The molecule has 1 heterocycles. The highest BCUT2D eigenvalue weighted by Gasteiger charge is 2.22. The molecule has 2 atom stereocenters. The number of halogens is 1. The minimum absolute atomic E-state index is 0.130. The number of anilines is 1. The van der Waals surface area contributed by atoms with Crippen LogP contribution >= 0.6 is 11.6 Å². The molecule has 1 fully saturated rings. The molecule has 19 heavy (non-hydrogen) atoms. The molecule has 1 aliphatic rings. The Kier molecular flexibility index (Phi) is 4.61. The maximum Gasteiger partial charge on any atom is 0.341 e. The Morgan fingerprint density at radius 3 is 3.05 bits per heavy atom. The number of methoxy groups -OCH3 is 1. The minimum atomic E-state index is -0.456. The predicted octanol–water partition coefficient (Wildman–Crippen LogP) is 2.24. The zero-order chi connectivity index (χ0) is 13.8. The number of esters is 1. The molecule has 0 aliphatic heterocycles. The summed E-state index contributed by atoms with van der Waals surface area (Å²) in [6.07, 6.45) is 4.53. The first-order chi connectivity index (χ1) is 9.10. The number of aliphatic hydroxyl groups excluding tert-OH is 1. The van der Waals surface area contributed by atoms with Gasteiger partial charge < -0.3 is 15.2 Å². The number of ether oxygens (including phenoxy) is 1. The lowest BCUT2D eigenvalue weighted by molar-refractivity contribution is 0.0601. The van der Waals surface area contributed by atoms with Crippen LogP contribution < -0.4 is 5.32 Å². The summed E-state index contributed by atoms with van der Waals surface area (Å²) in [5.41, 5.74) is 0.956. The fraction of sp³-hybridized carbons (Fsp3) is 0.538. The molecule has 0 amide bonds. The number of rotatable bonds is 3. The Morgan fingerprint density at radius 1 is 1.58 bits per heavy atom. The van der Waals surface area contributed by atoms with E-state index < -0.39 is 5.97 Å². The first kappa shape index (κ1) is 14.1. The molecule has 0 saturated heterocycles. The first-order valence-corrected chi connectivity index (χ1v) is 6.66. The quantitative estimate of drug-likeness (QED) is 0.658. The van der Waals surface area contributed by atoms with Crippen LogP contribution in [-0.2, 0) is 4.74 Å². The van der Waals surface area contributed by atoms with E-state index in [2.05, 4.69) is 10.3 Å². The Balaban J connectivity index is 2.18. The number of aromatic nitrogens is 1. The van der Waals surface area contributed by atoms with Crippen molar-refractivity contribution in [1.82, 2.24) is 4.98 Å². The van der Waals surface area contributed by atoms with Gasteiger partial charge in [0.15, 0.2) is 0 Å². The van der Waals surface area contributed by atoms with Crippen molar-refractivity contribution in [1.29, 1.82) is 0 Å². The van der Waals surface area contributed by atoms with Crippen molar-refractivity contribution >= 4 is 23.3 Å². The van der Waals surface area contributed by atoms with Crippen molar-refractivity contribution in [2.75, 3.05) is 12.4 Å². The average molecular weight is 285 g/mol. The molecule has 0 unspecified atom stereocenters. The van der Waals surface area contributed by atoms with E-state index in [4.69, 9.17) is 16.3 Å². The lowest BCUT2D eigenvalue weighted by atomic mass is 9.93. The van der Waals surface area contributed by atoms with Gasteiger partial charge in [-0.15, -0.1) is 0 Å². The fourth-order valence-corrected chi connectivity index (χ4v) is 2.49. The van der Waals surface area contributed by atoms with Gasteiger partial charge in [-0.2, -0.15) is 0 Å². The SMILES string of the molecule is COC(=O)c1cnc(Cl)cc1N[C@H]1CCC[C@@H](O)C1. The number of carbonyl (C=O) groups excluding carboxylic acids is 1. The Morgan fingerprint density at radius 2 is 2.37 bits per heavy atom. The molecule has 1 saturated carbocycles. The second kappa shape index (κ2) is 6.21. The van der Waals surface area contributed by atoms with Crippen LogP contribution in [-0.4, -0.2) is 35.3 Å². The lowest BCUT2D eigenvalue weighted by Crippen LogP contribution is -2.30. The van der Waals surface area contributed by atoms with Gasteiger partial charge in [-0.1, -0.05) is 11.6 Å². The van der Waals surface area contributed by atoms with E-state index in [1.807, 2.05) is 0 Å². The second-order valence-electron chi connectivity index (χ2n) is 4.71. The molecule has 0 bridgehead atoms. The number of nitrogens with one attached hydrogen (secondary N) is 1. The van der Waals surface area contributed by atoms with Crippen molar-refractivity contribution in [3.63, 3.8) is 0 Å². The van der Waals surface area contributed by atoms with E-state index >= 15 is 0 Å². The number of hydrogen-bond acceptors (Lipinski definition) is 5. The smallest absolute Gasteiger partial charge is 0.341 e. The third-order valence-electron chi connectivity index (χ3n) is 3.28. The number of hydrogen-bond donors (Lipinski definition) is 2. The molecule has 2 N–H and O–H groups in total.